The van der Waals surface area contributed by atoms with Crippen molar-refractivity contribution in [2.45, 2.75) is 12.5 Å². The summed E-state index contributed by atoms with van der Waals surface area (Å²) in [5, 5.41) is 3.36. The van der Waals surface area contributed by atoms with Gasteiger partial charge in [0, 0.05) is 19.1 Å². The lowest BCUT2D eigenvalue weighted by atomic mass is 10.2. The molecule has 1 aliphatic rings. The topological polar surface area (TPSA) is 96.0 Å². The van der Waals surface area contributed by atoms with E-state index in [0.29, 0.717) is 35.9 Å². The number of nitrogens with zero attached hydrogens (tertiary/aromatic N) is 4. The van der Waals surface area contributed by atoms with Gasteiger partial charge in [-0.15, -0.1) is 0 Å². The normalized spacial score (nSPS) is 15.6. The zero-order valence-electron chi connectivity index (χ0n) is 15.8. The lowest BCUT2D eigenvalue weighted by molar-refractivity contribution is -0.125. The molecule has 2 N–H and O–H groups in total. The number of amides is 1. The van der Waals surface area contributed by atoms with Gasteiger partial charge in [-0.3, -0.25) is 4.79 Å². The van der Waals surface area contributed by atoms with Crippen LogP contribution in [0.3, 0.4) is 0 Å². The molecule has 0 radical (unpaired) electrons. The number of benzene rings is 1. The summed E-state index contributed by atoms with van der Waals surface area (Å²) >= 11 is 0. The fourth-order valence-electron chi connectivity index (χ4n) is 3.15. The van der Waals surface area contributed by atoms with E-state index in [1.807, 2.05) is 30.3 Å². The van der Waals surface area contributed by atoms with Gasteiger partial charge in [-0.25, -0.2) is 15.0 Å². The summed E-state index contributed by atoms with van der Waals surface area (Å²) < 4.78 is 5.56. The molecule has 1 fully saturated rings. The number of carbonyl (C=O) groups excluding carboxylic acids is 1. The number of H-pyrrole nitrogens is 1. The molecule has 3 heterocycles. The summed E-state index contributed by atoms with van der Waals surface area (Å²) in [5.41, 5.74) is 1.22. The fraction of sp³-hybridized carbons (Fsp3) is 0.238. The predicted molar refractivity (Wildman–Crippen MR) is 109 cm³/mol. The molecule has 1 aromatic carbocycles. The number of rotatable bonds is 5. The molecule has 4 rings (SSSR count). The molecule has 1 atom stereocenters. The van der Waals surface area contributed by atoms with E-state index in [0.717, 1.165) is 12.2 Å². The van der Waals surface area contributed by atoms with Crippen LogP contribution in [0, 0.1) is 11.8 Å². The second kappa shape index (κ2) is 8.44. The number of likely N-dealkylation sites (tertiary alicyclic amines) is 1. The van der Waals surface area contributed by atoms with Crippen molar-refractivity contribution in [3.05, 3.63) is 55.1 Å². The van der Waals surface area contributed by atoms with E-state index in [1.165, 1.54) is 12.4 Å². The Morgan fingerprint density at radius 1 is 1.38 bits per heavy atom. The van der Waals surface area contributed by atoms with E-state index in [2.05, 4.69) is 43.7 Å². The van der Waals surface area contributed by atoms with Gasteiger partial charge < -0.3 is 19.9 Å². The minimum absolute atomic E-state index is 0.0582. The van der Waals surface area contributed by atoms with Crippen molar-refractivity contribution in [1.29, 1.82) is 0 Å². The lowest BCUT2D eigenvalue weighted by Crippen LogP contribution is -2.30. The number of ether oxygens (including phenoxy) is 1. The SMILES string of the molecule is C=CC(=O)N1CCC(Nc2ncnc3[nH]c(C#CCOc4ccccc4)nc23)C1. The summed E-state index contributed by atoms with van der Waals surface area (Å²) in [7, 11) is 0. The maximum atomic E-state index is 11.8. The first-order chi connectivity index (χ1) is 14.2. The second-order valence-electron chi connectivity index (χ2n) is 6.53. The largest absolute Gasteiger partial charge is 0.481 e. The van der Waals surface area contributed by atoms with Gasteiger partial charge in [-0.05, 0) is 30.6 Å². The van der Waals surface area contributed by atoms with Gasteiger partial charge >= 0.3 is 0 Å². The average molecular weight is 388 g/mol. The average Bonchev–Trinajstić information content (AvgIpc) is 3.39. The Morgan fingerprint density at radius 3 is 3.07 bits per heavy atom. The highest BCUT2D eigenvalue weighted by Crippen LogP contribution is 2.20. The molecule has 1 aliphatic heterocycles. The van der Waals surface area contributed by atoms with Crippen LogP contribution in [0.25, 0.3) is 11.2 Å². The number of nitrogens with one attached hydrogen (secondary N) is 2. The number of carbonyl (C=O) groups is 1. The number of aromatic amines is 1. The highest BCUT2D eigenvalue weighted by Gasteiger charge is 2.25. The van der Waals surface area contributed by atoms with Crippen LogP contribution in [-0.2, 0) is 4.79 Å². The first-order valence-corrected chi connectivity index (χ1v) is 9.28. The molecule has 0 aliphatic carbocycles. The van der Waals surface area contributed by atoms with Crippen LogP contribution in [0.4, 0.5) is 5.82 Å². The molecule has 146 valence electrons. The third kappa shape index (κ3) is 4.35. The van der Waals surface area contributed by atoms with Gasteiger partial charge in [0.2, 0.25) is 5.91 Å². The highest BCUT2D eigenvalue weighted by molar-refractivity contribution is 5.87. The van der Waals surface area contributed by atoms with E-state index in [1.54, 1.807) is 4.90 Å². The first kappa shape index (κ1) is 18.5. The molecule has 8 nitrogen and oxygen atoms in total. The summed E-state index contributed by atoms with van der Waals surface area (Å²) in [6.07, 6.45) is 3.64. The van der Waals surface area contributed by atoms with Crippen LogP contribution < -0.4 is 10.1 Å². The van der Waals surface area contributed by atoms with Gasteiger partial charge in [0.25, 0.3) is 0 Å². The zero-order chi connectivity index (χ0) is 20.1. The van der Waals surface area contributed by atoms with Gasteiger partial charge in [0.05, 0.1) is 0 Å². The molecule has 29 heavy (non-hydrogen) atoms. The Bertz CT molecular complexity index is 1080. The Kier molecular flexibility index (Phi) is 5.38. The zero-order valence-corrected chi connectivity index (χ0v) is 15.8. The van der Waals surface area contributed by atoms with Crippen molar-refractivity contribution >= 4 is 22.9 Å². The van der Waals surface area contributed by atoms with E-state index >= 15 is 0 Å². The predicted octanol–water partition coefficient (Wildman–Crippen LogP) is 1.98. The molecule has 0 saturated carbocycles. The standard InChI is InChI=1S/C21H20N6O2/c1-2-18(28)27-11-10-15(13-27)24-20-19-21(23-14-22-20)26-17(25-19)9-6-12-29-16-7-4-3-5-8-16/h2-5,7-8,14-15H,1,10-13H2,(H2,22,23,24,25,26). The second-order valence-corrected chi connectivity index (χ2v) is 6.53. The third-order valence-corrected chi connectivity index (χ3v) is 4.56. The summed E-state index contributed by atoms with van der Waals surface area (Å²) in [6, 6.07) is 9.60. The molecule has 3 aromatic rings. The van der Waals surface area contributed by atoms with E-state index in [-0.39, 0.29) is 18.6 Å². The van der Waals surface area contributed by atoms with Crippen LogP contribution in [0.15, 0.2) is 49.3 Å². The Labute approximate surface area is 168 Å². The van der Waals surface area contributed by atoms with E-state index in [4.69, 9.17) is 4.74 Å². The Hall–Kier alpha value is -3.86. The van der Waals surface area contributed by atoms with Crippen molar-refractivity contribution in [3.63, 3.8) is 0 Å². The van der Waals surface area contributed by atoms with Crippen molar-refractivity contribution in [2.75, 3.05) is 25.0 Å². The molecule has 1 amide bonds. The van der Waals surface area contributed by atoms with Crippen LogP contribution >= 0.6 is 0 Å². The minimum Gasteiger partial charge on any atom is -0.481 e. The number of anilines is 1. The van der Waals surface area contributed by atoms with Crippen molar-refractivity contribution in [2.24, 2.45) is 0 Å². The number of imidazole rings is 1. The van der Waals surface area contributed by atoms with Gasteiger partial charge in [-0.2, -0.15) is 0 Å². The van der Waals surface area contributed by atoms with E-state index < -0.39 is 0 Å². The van der Waals surface area contributed by atoms with Crippen molar-refractivity contribution in [1.82, 2.24) is 24.8 Å². The van der Waals surface area contributed by atoms with Gasteiger partial charge in [0.15, 0.2) is 22.8 Å². The Balaban J connectivity index is 1.43. The molecule has 1 saturated heterocycles. The van der Waals surface area contributed by atoms with Gasteiger partial charge in [0.1, 0.15) is 18.7 Å². The maximum absolute atomic E-state index is 11.8. The minimum atomic E-state index is -0.0582. The molecular weight excluding hydrogens is 368 g/mol. The first-order valence-electron chi connectivity index (χ1n) is 9.28. The van der Waals surface area contributed by atoms with Crippen LogP contribution in [0.5, 0.6) is 5.75 Å². The molecule has 2 aromatic heterocycles. The summed E-state index contributed by atoms with van der Waals surface area (Å²) in [6.45, 7) is 5.09. The third-order valence-electron chi connectivity index (χ3n) is 4.56. The van der Waals surface area contributed by atoms with Gasteiger partial charge in [-0.1, -0.05) is 30.7 Å². The molecule has 0 bridgehead atoms. The van der Waals surface area contributed by atoms with Crippen LogP contribution in [0.1, 0.15) is 12.2 Å². The summed E-state index contributed by atoms with van der Waals surface area (Å²) in [5.74, 6) is 7.72. The highest BCUT2D eigenvalue weighted by atomic mass is 16.5. The quantitative estimate of drug-likeness (QED) is 0.513. The lowest BCUT2D eigenvalue weighted by Gasteiger charge is -2.15. The van der Waals surface area contributed by atoms with Crippen LogP contribution in [0.2, 0.25) is 0 Å². The van der Waals surface area contributed by atoms with Crippen LogP contribution in [-0.4, -0.2) is 56.5 Å². The molecular formula is C21H20N6O2. The van der Waals surface area contributed by atoms with E-state index in [9.17, 15) is 4.79 Å². The number of hydrogen-bond donors (Lipinski definition) is 2. The fourth-order valence-corrected chi connectivity index (χ4v) is 3.15. The molecule has 8 heteroatoms. The smallest absolute Gasteiger partial charge is 0.246 e. The number of hydrogen-bond acceptors (Lipinski definition) is 6. The number of fused-ring (bicyclic) bond motifs is 1. The molecule has 0 spiro atoms. The Morgan fingerprint density at radius 2 is 2.24 bits per heavy atom. The molecule has 1 unspecified atom stereocenters. The number of aromatic nitrogens is 4. The summed E-state index contributed by atoms with van der Waals surface area (Å²) in [4.78, 5) is 29.6. The van der Waals surface area contributed by atoms with Crippen molar-refractivity contribution < 1.29 is 9.53 Å². The number of para-hydroxylation sites is 1. The van der Waals surface area contributed by atoms with Crippen molar-refractivity contribution in [3.8, 4) is 17.6 Å². The monoisotopic (exact) mass is 388 g/mol. The maximum Gasteiger partial charge on any atom is 0.246 e.